The molecular weight excluding hydrogens is 267 g/mol. The molecule has 1 aliphatic carbocycles. The van der Waals surface area contributed by atoms with Crippen molar-refractivity contribution >= 4 is 5.91 Å². The molecule has 1 aliphatic rings. The van der Waals surface area contributed by atoms with Gasteiger partial charge in [-0.1, -0.05) is 36.4 Å². The smallest absolute Gasteiger partial charge is 0.228 e. The third-order valence-corrected chi connectivity index (χ3v) is 3.98. The molecule has 0 spiro atoms. The summed E-state index contributed by atoms with van der Waals surface area (Å²) in [6, 6.07) is 12.8. The molecule has 1 unspecified atom stereocenters. The van der Waals surface area contributed by atoms with Crippen LogP contribution in [0.4, 0.5) is 4.39 Å². The van der Waals surface area contributed by atoms with Gasteiger partial charge in [0.2, 0.25) is 5.91 Å². The highest BCUT2D eigenvalue weighted by Crippen LogP contribution is 2.34. The summed E-state index contributed by atoms with van der Waals surface area (Å²) >= 11 is 0. The van der Waals surface area contributed by atoms with E-state index in [1.165, 1.54) is 11.6 Å². The number of hydrogen-bond acceptors (Lipinski definition) is 2. The Kier molecular flexibility index (Phi) is 3.71. The van der Waals surface area contributed by atoms with Crippen molar-refractivity contribution in [2.45, 2.75) is 25.4 Å². The normalized spacial score (nSPS) is 16.0. The first kappa shape index (κ1) is 13.8. The second-order valence-electron chi connectivity index (χ2n) is 5.30. The van der Waals surface area contributed by atoms with E-state index in [9.17, 15) is 9.18 Å². The lowest BCUT2D eigenvalue weighted by atomic mass is 9.77. The Morgan fingerprint density at radius 3 is 2.81 bits per heavy atom. The van der Waals surface area contributed by atoms with Gasteiger partial charge in [0, 0.05) is 18.7 Å². The maximum Gasteiger partial charge on any atom is 0.228 e. The van der Waals surface area contributed by atoms with Crippen LogP contribution in [0.1, 0.15) is 28.2 Å². The Bertz CT molecular complexity index is 684. The summed E-state index contributed by atoms with van der Waals surface area (Å²) in [4.78, 5) is 12.1. The third-order valence-electron chi connectivity index (χ3n) is 3.98. The number of carbonyl (C=O) groups excluding carboxylic acids is 1. The SMILES string of the molecule is NCc1ccc(CNC(=O)C2Cc3ccccc32)c(F)c1. The van der Waals surface area contributed by atoms with Crippen LogP contribution in [0.2, 0.25) is 0 Å². The molecule has 108 valence electrons. The average molecular weight is 284 g/mol. The molecule has 0 radical (unpaired) electrons. The fourth-order valence-corrected chi connectivity index (χ4v) is 2.66. The van der Waals surface area contributed by atoms with Gasteiger partial charge in [-0.05, 0) is 29.2 Å². The molecule has 1 atom stereocenters. The van der Waals surface area contributed by atoms with Crippen LogP contribution in [0.3, 0.4) is 0 Å². The lowest BCUT2D eigenvalue weighted by molar-refractivity contribution is -0.123. The van der Waals surface area contributed by atoms with Crippen LogP contribution >= 0.6 is 0 Å². The van der Waals surface area contributed by atoms with Crippen molar-refractivity contribution in [3.05, 3.63) is 70.5 Å². The van der Waals surface area contributed by atoms with Crippen molar-refractivity contribution in [2.24, 2.45) is 5.73 Å². The van der Waals surface area contributed by atoms with Gasteiger partial charge >= 0.3 is 0 Å². The summed E-state index contributed by atoms with van der Waals surface area (Å²) < 4.78 is 13.8. The van der Waals surface area contributed by atoms with Crippen LogP contribution in [0.15, 0.2) is 42.5 Å². The highest BCUT2D eigenvalue weighted by atomic mass is 19.1. The van der Waals surface area contributed by atoms with Crippen molar-refractivity contribution in [1.29, 1.82) is 0 Å². The average Bonchev–Trinajstić information content (AvgIpc) is 2.47. The molecule has 0 fully saturated rings. The van der Waals surface area contributed by atoms with E-state index in [1.54, 1.807) is 12.1 Å². The van der Waals surface area contributed by atoms with E-state index < -0.39 is 0 Å². The van der Waals surface area contributed by atoms with Gasteiger partial charge in [0.15, 0.2) is 0 Å². The summed E-state index contributed by atoms with van der Waals surface area (Å²) in [7, 11) is 0. The van der Waals surface area contributed by atoms with E-state index >= 15 is 0 Å². The van der Waals surface area contributed by atoms with Crippen LogP contribution in [0, 0.1) is 5.82 Å². The van der Waals surface area contributed by atoms with Gasteiger partial charge in [-0.25, -0.2) is 4.39 Å². The van der Waals surface area contributed by atoms with Gasteiger partial charge in [-0.15, -0.1) is 0 Å². The number of hydrogen-bond donors (Lipinski definition) is 2. The molecule has 0 aromatic heterocycles. The molecule has 3 N–H and O–H groups in total. The van der Waals surface area contributed by atoms with Crippen molar-refractivity contribution in [1.82, 2.24) is 5.32 Å². The molecule has 1 amide bonds. The summed E-state index contributed by atoms with van der Waals surface area (Å²) in [5.74, 6) is -0.476. The highest BCUT2D eigenvalue weighted by molar-refractivity contribution is 5.86. The van der Waals surface area contributed by atoms with Crippen LogP contribution in [0.5, 0.6) is 0 Å². The second-order valence-corrected chi connectivity index (χ2v) is 5.30. The minimum Gasteiger partial charge on any atom is -0.351 e. The summed E-state index contributed by atoms with van der Waals surface area (Å²) in [6.45, 7) is 0.511. The quantitative estimate of drug-likeness (QED) is 0.904. The zero-order chi connectivity index (χ0) is 14.8. The molecule has 4 heteroatoms. The molecular formula is C17H17FN2O. The van der Waals surface area contributed by atoms with Crippen molar-refractivity contribution in [3.8, 4) is 0 Å². The lowest BCUT2D eigenvalue weighted by Crippen LogP contribution is -2.35. The zero-order valence-electron chi connectivity index (χ0n) is 11.6. The van der Waals surface area contributed by atoms with Crippen molar-refractivity contribution < 1.29 is 9.18 Å². The minimum absolute atomic E-state index is 0.0454. The van der Waals surface area contributed by atoms with Gasteiger partial charge in [0.05, 0.1) is 5.92 Å². The van der Waals surface area contributed by atoms with E-state index in [-0.39, 0.29) is 24.2 Å². The topological polar surface area (TPSA) is 55.1 Å². The number of halogens is 1. The Labute approximate surface area is 123 Å². The van der Waals surface area contributed by atoms with E-state index in [0.29, 0.717) is 12.1 Å². The first-order valence-electron chi connectivity index (χ1n) is 7.02. The number of carbonyl (C=O) groups is 1. The standard InChI is InChI=1S/C17H17FN2O/c18-16-7-11(9-19)5-6-13(16)10-20-17(21)15-8-12-3-1-2-4-14(12)15/h1-7,15H,8-10,19H2,(H,20,21). The molecule has 0 heterocycles. The number of nitrogens with one attached hydrogen (secondary N) is 1. The Balaban J connectivity index is 1.63. The van der Waals surface area contributed by atoms with Gasteiger partial charge in [-0.3, -0.25) is 4.79 Å². The van der Waals surface area contributed by atoms with E-state index in [2.05, 4.69) is 5.32 Å². The molecule has 0 saturated carbocycles. The van der Waals surface area contributed by atoms with Gasteiger partial charge in [0.25, 0.3) is 0 Å². The first-order chi connectivity index (χ1) is 10.2. The fourth-order valence-electron chi connectivity index (χ4n) is 2.66. The number of rotatable bonds is 4. The second kappa shape index (κ2) is 5.66. The van der Waals surface area contributed by atoms with Gasteiger partial charge in [-0.2, -0.15) is 0 Å². The largest absolute Gasteiger partial charge is 0.351 e. The van der Waals surface area contributed by atoms with Crippen LogP contribution < -0.4 is 11.1 Å². The lowest BCUT2D eigenvalue weighted by Gasteiger charge is -2.28. The third kappa shape index (κ3) is 2.67. The minimum atomic E-state index is -0.327. The number of amides is 1. The van der Waals surface area contributed by atoms with E-state index in [1.807, 2.05) is 24.3 Å². The van der Waals surface area contributed by atoms with Crippen molar-refractivity contribution in [2.75, 3.05) is 0 Å². The summed E-state index contributed by atoms with van der Waals surface area (Å²) in [5.41, 5.74) is 8.99. The predicted octanol–water partition coefficient (Wildman–Crippen LogP) is 2.24. The summed E-state index contributed by atoms with van der Waals surface area (Å²) in [6.07, 6.45) is 0.761. The maximum absolute atomic E-state index is 13.8. The molecule has 0 saturated heterocycles. The van der Waals surface area contributed by atoms with E-state index in [0.717, 1.165) is 17.5 Å². The van der Waals surface area contributed by atoms with Gasteiger partial charge < -0.3 is 11.1 Å². The maximum atomic E-state index is 13.8. The molecule has 3 nitrogen and oxygen atoms in total. The number of fused-ring (bicyclic) bond motifs is 1. The summed E-state index contributed by atoms with van der Waals surface area (Å²) in [5, 5.41) is 2.81. The van der Waals surface area contributed by atoms with Crippen LogP contribution in [0.25, 0.3) is 0 Å². The van der Waals surface area contributed by atoms with Gasteiger partial charge in [0.1, 0.15) is 5.82 Å². The molecule has 2 aromatic carbocycles. The highest BCUT2D eigenvalue weighted by Gasteiger charge is 2.31. The Morgan fingerprint density at radius 1 is 1.29 bits per heavy atom. The van der Waals surface area contributed by atoms with Crippen LogP contribution in [-0.2, 0) is 24.3 Å². The predicted molar refractivity (Wildman–Crippen MR) is 79.0 cm³/mol. The molecule has 3 rings (SSSR count). The monoisotopic (exact) mass is 284 g/mol. The number of nitrogens with two attached hydrogens (primary N) is 1. The molecule has 2 aromatic rings. The molecule has 0 bridgehead atoms. The Hall–Kier alpha value is -2.20. The Morgan fingerprint density at radius 2 is 2.10 bits per heavy atom. The molecule has 21 heavy (non-hydrogen) atoms. The zero-order valence-corrected chi connectivity index (χ0v) is 11.6. The first-order valence-corrected chi connectivity index (χ1v) is 7.02. The fraction of sp³-hybridized carbons (Fsp3) is 0.235. The molecule has 0 aliphatic heterocycles. The van der Waals surface area contributed by atoms with E-state index in [4.69, 9.17) is 5.73 Å². The van der Waals surface area contributed by atoms with Crippen molar-refractivity contribution in [3.63, 3.8) is 0 Å². The van der Waals surface area contributed by atoms with Crippen LogP contribution in [-0.4, -0.2) is 5.91 Å². The number of benzene rings is 2.